The van der Waals surface area contributed by atoms with Gasteiger partial charge in [0, 0.05) is 31.4 Å². The first-order valence-corrected chi connectivity index (χ1v) is 7.35. The number of anilines is 2. The Kier molecular flexibility index (Phi) is 4.06. The number of hydrogen-bond donors (Lipinski definition) is 1. The van der Waals surface area contributed by atoms with Gasteiger partial charge in [-0.15, -0.1) is 0 Å². The molecule has 0 spiro atoms. The second-order valence-electron chi connectivity index (χ2n) is 5.03. The molecule has 3 rings (SSSR count). The van der Waals surface area contributed by atoms with Gasteiger partial charge in [0.05, 0.1) is 5.02 Å². The van der Waals surface area contributed by atoms with Gasteiger partial charge in [0.15, 0.2) is 0 Å². The topological polar surface area (TPSA) is 45.2 Å². The first-order valence-electron chi connectivity index (χ1n) is 6.97. The smallest absolute Gasteiger partial charge is 0.227 e. The van der Waals surface area contributed by atoms with Gasteiger partial charge in [-0.2, -0.15) is 0 Å². The van der Waals surface area contributed by atoms with Crippen molar-refractivity contribution in [3.63, 3.8) is 0 Å². The Labute approximate surface area is 128 Å². The third kappa shape index (κ3) is 3.34. The Morgan fingerprint density at radius 1 is 1.19 bits per heavy atom. The molecule has 1 aromatic carbocycles. The van der Waals surface area contributed by atoms with Crippen LogP contribution >= 0.6 is 11.6 Å². The Morgan fingerprint density at radius 2 is 2.00 bits per heavy atom. The molecule has 1 aliphatic rings. The number of halogens is 1. The van der Waals surface area contributed by atoms with Crippen molar-refractivity contribution in [2.45, 2.75) is 19.4 Å². The maximum atomic E-state index is 11.7. The lowest BCUT2D eigenvalue weighted by Crippen LogP contribution is -2.23. The summed E-state index contributed by atoms with van der Waals surface area (Å²) < 4.78 is 0. The SMILES string of the molecule is O=C1CCCN1c1ccc(CNc2ccc(Cl)cn2)cc1. The number of nitrogens with zero attached hydrogens (tertiary/aromatic N) is 2. The summed E-state index contributed by atoms with van der Waals surface area (Å²) in [7, 11) is 0. The fourth-order valence-electron chi connectivity index (χ4n) is 2.39. The molecule has 1 aliphatic heterocycles. The Bertz CT molecular complexity index is 625. The molecule has 2 heterocycles. The third-order valence-corrected chi connectivity index (χ3v) is 3.75. The maximum Gasteiger partial charge on any atom is 0.227 e. The molecule has 0 unspecified atom stereocenters. The van der Waals surface area contributed by atoms with Gasteiger partial charge in [-0.1, -0.05) is 23.7 Å². The molecule has 1 aromatic heterocycles. The van der Waals surface area contributed by atoms with Gasteiger partial charge in [0.25, 0.3) is 0 Å². The molecule has 108 valence electrons. The van der Waals surface area contributed by atoms with Crippen LogP contribution in [0.5, 0.6) is 0 Å². The molecule has 1 saturated heterocycles. The molecule has 21 heavy (non-hydrogen) atoms. The van der Waals surface area contributed by atoms with Gasteiger partial charge in [-0.05, 0) is 36.2 Å². The van der Waals surface area contributed by atoms with E-state index >= 15 is 0 Å². The fraction of sp³-hybridized carbons (Fsp3) is 0.250. The third-order valence-electron chi connectivity index (χ3n) is 3.52. The lowest BCUT2D eigenvalue weighted by atomic mass is 10.2. The van der Waals surface area contributed by atoms with E-state index in [1.165, 1.54) is 0 Å². The number of pyridine rings is 1. The molecule has 5 heteroatoms. The highest BCUT2D eigenvalue weighted by molar-refractivity contribution is 6.30. The number of carbonyl (C=O) groups is 1. The fourth-order valence-corrected chi connectivity index (χ4v) is 2.50. The lowest BCUT2D eigenvalue weighted by Gasteiger charge is -2.16. The number of carbonyl (C=O) groups excluding carboxylic acids is 1. The van der Waals surface area contributed by atoms with Gasteiger partial charge < -0.3 is 10.2 Å². The van der Waals surface area contributed by atoms with Crippen LogP contribution in [0.15, 0.2) is 42.6 Å². The minimum Gasteiger partial charge on any atom is -0.366 e. The van der Waals surface area contributed by atoms with Crippen molar-refractivity contribution in [3.05, 3.63) is 53.2 Å². The Hall–Kier alpha value is -2.07. The van der Waals surface area contributed by atoms with Crippen LogP contribution in [-0.2, 0) is 11.3 Å². The first kappa shape index (κ1) is 13.9. The quantitative estimate of drug-likeness (QED) is 0.940. The van der Waals surface area contributed by atoms with Gasteiger partial charge >= 0.3 is 0 Å². The molecule has 1 fully saturated rings. The van der Waals surface area contributed by atoms with E-state index < -0.39 is 0 Å². The van der Waals surface area contributed by atoms with Crippen LogP contribution in [0.3, 0.4) is 0 Å². The van der Waals surface area contributed by atoms with Crippen LogP contribution in [0.1, 0.15) is 18.4 Å². The van der Waals surface area contributed by atoms with E-state index in [0.717, 1.165) is 30.0 Å². The van der Waals surface area contributed by atoms with Crippen molar-refractivity contribution < 1.29 is 4.79 Å². The van der Waals surface area contributed by atoms with Crippen LogP contribution in [0.2, 0.25) is 5.02 Å². The molecule has 0 bridgehead atoms. The van der Waals surface area contributed by atoms with Crippen molar-refractivity contribution in [1.29, 1.82) is 0 Å². The number of aromatic nitrogens is 1. The van der Waals surface area contributed by atoms with Gasteiger partial charge in [-0.3, -0.25) is 4.79 Å². The second-order valence-corrected chi connectivity index (χ2v) is 5.47. The van der Waals surface area contributed by atoms with Crippen molar-refractivity contribution in [2.75, 3.05) is 16.8 Å². The molecule has 0 saturated carbocycles. The molecular formula is C16H16ClN3O. The van der Waals surface area contributed by atoms with E-state index in [4.69, 9.17) is 11.6 Å². The first-order chi connectivity index (χ1) is 10.2. The Balaban J connectivity index is 1.62. The highest BCUT2D eigenvalue weighted by atomic mass is 35.5. The van der Waals surface area contributed by atoms with Crippen LogP contribution in [0, 0.1) is 0 Å². The van der Waals surface area contributed by atoms with Crippen molar-refractivity contribution in [1.82, 2.24) is 4.98 Å². The van der Waals surface area contributed by atoms with E-state index in [0.29, 0.717) is 18.0 Å². The maximum absolute atomic E-state index is 11.7. The number of benzene rings is 1. The summed E-state index contributed by atoms with van der Waals surface area (Å²) in [6, 6.07) is 11.7. The molecule has 0 atom stereocenters. The summed E-state index contributed by atoms with van der Waals surface area (Å²) in [6.45, 7) is 1.51. The standard InChI is InChI=1S/C16H16ClN3O/c17-13-5-8-15(19-11-13)18-10-12-3-6-14(7-4-12)20-9-1-2-16(20)21/h3-8,11H,1-2,9-10H2,(H,18,19). The van der Waals surface area contributed by atoms with Crippen LogP contribution in [0.25, 0.3) is 0 Å². The normalized spacial score (nSPS) is 14.5. The molecule has 0 aliphatic carbocycles. The Morgan fingerprint density at radius 3 is 2.62 bits per heavy atom. The number of hydrogen-bond acceptors (Lipinski definition) is 3. The predicted molar refractivity (Wildman–Crippen MR) is 84.6 cm³/mol. The van der Waals surface area contributed by atoms with Crippen molar-refractivity contribution >= 4 is 29.0 Å². The van der Waals surface area contributed by atoms with E-state index in [1.54, 1.807) is 12.3 Å². The summed E-state index contributed by atoms with van der Waals surface area (Å²) in [4.78, 5) is 17.7. The average molecular weight is 302 g/mol. The summed E-state index contributed by atoms with van der Waals surface area (Å²) in [5.74, 6) is 1.00. The lowest BCUT2D eigenvalue weighted by molar-refractivity contribution is -0.117. The predicted octanol–water partition coefficient (Wildman–Crippen LogP) is 3.47. The van der Waals surface area contributed by atoms with Gasteiger partial charge in [-0.25, -0.2) is 4.98 Å². The summed E-state index contributed by atoms with van der Waals surface area (Å²) in [6.07, 6.45) is 3.22. The summed E-state index contributed by atoms with van der Waals surface area (Å²) in [5, 5.41) is 3.86. The molecule has 1 amide bonds. The van der Waals surface area contributed by atoms with Gasteiger partial charge in [0.1, 0.15) is 5.82 Å². The monoisotopic (exact) mass is 301 g/mol. The second kappa shape index (κ2) is 6.14. The van der Waals surface area contributed by atoms with Crippen LogP contribution < -0.4 is 10.2 Å². The molecule has 4 nitrogen and oxygen atoms in total. The largest absolute Gasteiger partial charge is 0.366 e. The highest BCUT2D eigenvalue weighted by Crippen LogP contribution is 2.21. The van der Waals surface area contributed by atoms with Crippen LogP contribution in [0.4, 0.5) is 11.5 Å². The molecule has 1 N–H and O–H groups in total. The zero-order valence-corrected chi connectivity index (χ0v) is 12.3. The van der Waals surface area contributed by atoms with E-state index in [2.05, 4.69) is 10.3 Å². The molecule has 2 aromatic rings. The minimum absolute atomic E-state index is 0.214. The van der Waals surface area contributed by atoms with Crippen LogP contribution in [-0.4, -0.2) is 17.4 Å². The number of rotatable bonds is 4. The average Bonchev–Trinajstić information content (AvgIpc) is 2.93. The van der Waals surface area contributed by atoms with E-state index in [1.807, 2.05) is 35.2 Å². The van der Waals surface area contributed by atoms with E-state index in [9.17, 15) is 4.79 Å². The molecule has 0 radical (unpaired) electrons. The van der Waals surface area contributed by atoms with Crippen molar-refractivity contribution in [2.24, 2.45) is 0 Å². The van der Waals surface area contributed by atoms with E-state index in [-0.39, 0.29) is 5.91 Å². The zero-order valence-electron chi connectivity index (χ0n) is 11.6. The number of amides is 1. The molecular weight excluding hydrogens is 286 g/mol. The van der Waals surface area contributed by atoms with Crippen molar-refractivity contribution in [3.8, 4) is 0 Å². The summed E-state index contributed by atoms with van der Waals surface area (Å²) >= 11 is 5.80. The zero-order chi connectivity index (χ0) is 14.7. The summed E-state index contributed by atoms with van der Waals surface area (Å²) in [5.41, 5.74) is 2.12. The van der Waals surface area contributed by atoms with Gasteiger partial charge in [0.2, 0.25) is 5.91 Å². The minimum atomic E-state index is 0.214. The highest BCUT2D eigenvalue weighted by Gasteiger charge is 2.21. The number of nitrogens with one attached hydrogen (secondary N) is 1.